The first-order valence-corrected chi connectivity index (χ1v) is 4.95. The van der Waals surface area contributed by atoms with Crippen LogP contribution in [-0.2, 0) is 6.42 Å². The molecule has 2 aromatic heterocycles. The topological polar surface area (TPSA) is 70.2 Å². The van der Waals surface area contributed by atoms with Crippen LogP contribution in [-0.4, -0.2) is 24.8 Å². The quantitative estimate of drug-likeness (QED) is 0.742. The second kappa shape index (κ2) is 3.35. The Morgan fingerprint density at radius 2 is 2.31 bits per heavy atom. The van der Waals surface area contributed by atoms with Gasteiger partial charge in [0.05, 0.1) is 5.69 Å². The largest absolute Gasteiger partial charge is 0.281 e. The lowest BCUT2D eigenvalue weighted by molar-refractivity contribution is 0.987. The van der Waals surface area contributed by atoms with Gasteiger partial charge in [-0.05, 0) is 30.2 Å². The Labute approximate surface area is 83.4 Å². The van der Waals surface area contributed by atoms with Crippen molar-refractivity contribution in [2.75, 3.05) is 0 Å². The predicted octanol–water partition coefficient (Wildman–Crippen LogP) is 1.55. The molecular formula is C6H7N5S2. The minimum absolute atomic E-state index is 0.449. The van der Waals surface area contributed by atoms with Crippen LogP contribution in [0, 0.1) is 4.77 Å². The van der Waals surface area contributed by atoms with Crippen LogP contribution in [0.1, 0.15) is 12.6 Å². The highest BCUT2D eigenvalue weighted by molar-refractivity contribution is 7.71. The molecule has 2 N–H and O–H groups in total. The fourth-order valence-corrected chi connectivity index (χ4v) is 1.83. The van der Waals surface area contributed by atoms with Crippen molar-refractivity contribution >= 4 is 23.8 Å². The minimum atomic E-state index is 0.449. The maximum atomic E-state index is 4.85. The van der Waals surface area contributed by atoms with E-state index in [9.17, 15) is 0 Å². The highest BCUT2D eigenvalue weighted by Crippen LogP contribution is 2.21. The zero-order chi connectivity index (χ0) is 9.26. The predicted molar refractivity (Wildman–Crippen MR) is 52.1 cm³/mol. The number of nitrogens with one attached hydrogen (secondary N) is 2. The summed E-state index contributed by atoms with van der Waals surface area (Å²) in [5, 5.41) is 9.59. The van der Waals surface area contributed by atoms with E-state index >= 15 is 0 Å². The molecule has 0 saturated heterocycles. The molecule has 0 unspecified atom stereocenters. The summed E-state index contributed by atoms with van der Waals surface area (Å²) in [5.41, 5.74) is 0.947. The van der Waals surface area contributed by atoms with E-state index in [1.165, 1.54) is 11.5 Å². The Bertz CT molecular complexity index is 453. The molecule has 0 spiro atoms. The molecule has 68 valence electrons. The van der Waals surface area contributed by atoms with E-state index in [-0.39, 0.29) is 0 Å². The molecular weight excluding hydrogens is 206 g/mol. The van der Waals surface area contributed by atoms with E-state index in [0.717, 1.165) is 22.8 Å². The maximum Gasteiger partial charge on any atom is 0.213 e. The molecule has 0 aliphatic heterocycles. The molecule has 0 amide bonds. The summed E-state index contributed by atoms with van der Waals surface area (Å²) >= 11 is 6.17. The number of aryl methyl sites for hydroxylation is 1. The maximum absolute atomic E-state index is 4.85. The number of hydrogen-bond donors (Lipinski definition) is 2. The summed E-state index contributed by atoms with van der Waals surface area (Å²) in [7, 11) is 0. The smallest absolute Gasteiger partial charge is 0.213 e. The Balaban J connectivity index is 2.51. The number of H-pyrrole nitrogens is 2. The average molecular weight is 213 g/mol. The summed E-state index contributed by atoms with van der Waals surface area (Å²) in [6.45, 7) is 2.03. The standard InChI is InChI=1S/C6H7N5S2/c1-2-3-4(13-11-8-3)5-7-6(12)10-9-5/h2H2,1H3,(H2,7,9,10,12). The van der Waals surface area contributed by atoms with E-state index in [2.05, 4.69) is 24.8 Å². The van der Waals surface area contributed by atoms with Crippen molar-refractivity contribution in [3.05, 3.63) is 10.5 Å². The van der Waals surface area contributed by atoms with Crippen molar-refractivity contribution in [2.24, 2.45) is 0 Å². The average Bonchev–Trinajstić information content (AvgIpc) is 2.71. The van der Waals surface area contributed by atoms with E-state index in [4.69, 9.17) is 12.2 Å². The van der Waals surface area contributed by atoms with Gasteiger partial charge in [0.15, 0.2) is 5.82 Å². The number of nitrogens with zero attached hydrogens (tertiary/aromatic N) is 3. The normalized spacial score (nSPS) is 10.5. The summed E-state index contributed by atoms with van der Waals surface area (Å²) in [4.78, 5) is 5.05. The lowest BCUT2D eigenvalue weighted by Gasteiger charge is -1.90. The van der Waals surface area contributed by atoms with Crippen LogP contribution in [0.2, 0.25) is 0 Å². The van der Waals surface area contributed by atoms with Gasteiger partial charge in [0.25, 0.3) is 0 Å². The van der Waals surface area contributed by atoms with Gasteiger partial charge in [0.2, 0.25) is 4.77 Å². The molecule has 2 aromatic rings. The monoisotopic (exact) mass is 213 g/mol. The van der Waals surface area contributed by atoms with Gasteiger partial charge in [0, 0.05) is 0 Å². The van der Waals surface area contributed by atoms with Crippen LogP contribution >= 0.6 is 23.8 Å². The van der Waals surface area contributed by atoms with Crippen LogP contribution in [0.5, 0.6) is 0 Å². The van der Waals surface area contributed by atoms with Gasteiger partial charge in [-0.2, -0.15) is 4.98 Å². The van der Waals surface area contributed by atoms with Crippen molar-refractivity contribution in [3.63, 3.8) is 0 Å². The number of hydrogen-bond acceptors (Lipinski definition) is 5. The van der Waals surface area contributed by atoms with E-state index < -0.39 is 0 Å². The van der Waals surface area contributed by atoms with Crippen LogP contribution in [0.25, 0.3) is 10.7 Å². The number of rotatable bonds is 2. The van der Waals surface area contributed by atoms with Gasteiger partial charge in [-0.1, -0.05) is 11.4 Å². The Morgan fingerprint density at radius 1 is 1.46 bits per heavy atom. The first-order valence-electron chi connectivity index (χ1n) is 3.77. The van der Waals surface area contributed by atoms with Gasteiger partial charge in [-0.3, -0.25) is 10.2 Å². The fraction of sp³-hybridized carbons (Fsp3) is 0.333. The van der Waals surface area contributed by atoms with Crippen molar-refractivity contribution in [2.45, 2.75) is 13.3 Å². The molecule has 0 atom stereocenters. The third kappa shape index (κ3) is 1.52. The lowest BCUT2D eigenvalue weighted by Crippen LogP contribution is -1.85. The highest BCUT2D eigenvalue weighted by atomic mass is 32.1. The molecule has 13 heavy (non-hydrogen) atoms. The molecule has 0 aliphatic rings. The molecule has 0 aliphatic carbocycles. The molecule has 7 heteroatoms. The van der Waals surface area contributed by atoms with E-state index in [1.54, 1.807) is 0 Å². The van der Waals surface area contributed by atoms with Crippen LogP contribution in [0.15, 0.2) is 0 Å². The molecule has 0 fully saturated rings. The molecule has 0 aromatic carbocycles. The SMILES string of the molecule is CCc1nnsc1-c1nc(=S)[nH][nH]1. The first-order chi connectivity index (χ1) is 6.31. The van der Waals surface area contributed by atoms with E-state index in [1.807, 2.05) is 6.92 Å². The minimum Gasteiger partial charge on any atom is -0.281 e. The van der Waals surface area contributed by atoms with Gasteiger partial charge < -0.3 is 0 Å². The summed E-state index contributed by atoms with van der Waals surface area (Å²) in [6, 6.07) is 0. The summed E-state index contributed by atoms with van der Waals surface area (Å²) in [6.07, 6.45) is 0.847. The second-order valence-corrected chi connectivity index (χ2v) is 3.56. The first kappa shape index (κ1) is 8.52. The number of aromatic nitrogens is 5. The summed E-state index contributed by atoms with van der Waals surface area (Å²) < 4.78 is 4.31. The summed E-state index contributed by atoms with van der Waals surface area (Å²) in [5.74, 6) is 0.719. The molecule has 2 heterocycles. The van der Waals surface area contributed by atoms with Crippen LogP contribution in [0.3, 0.4) is 0 Å². The molecule has 2 rings (SSSR count). The molecule has 0 bridgehead atoms. The third-order valence-corrected chi connectivity index (χ3v) is 2.58. The lowest BCUT2D eigenvalue weighted by atomic mass is 10.3. The van der Waals surface area contributed by atoms with Crippen molar-refractivity contribution in [3.8, 4) is 10.7 Å². The van der Waals surface area contributed by atoms with Crippen molar-refractivity contribution < 1.29 is 0 Å². The molecule has 5 nitrogen and oxygen atoms in total. The second-order valence-electron chi connectivity index (χ2n) is 2.42. The Hall–Kier alpha value is -1.08. The molecule has 0 radical (unpaired) electrons. The van der Waals surface area contributed by atoms with E-state index in [0.29, 0.717) is 4.77 Å². The van der Waals surface area contributed by atoms with Crippen molar-refractivity contribution in [1.82, 2.24) is 24.8 Å². The van der Waals surface area contributed by atoms with Gasteiger partial charge >= 0.3 is 0 Å². The fourth-order valence-electron chi connectivity index (χ4n) is 0.997. The van der Waals surface area contributed by atoms with Gasteiger partial charge in [-0.15, -0.1) is 5.10 Å². The van der Waals surface area contributed by atoms with Gasteiger partial charge in [-0.25, -0.2) is 0 Å². The van der Waals surface area contributed by atoms with Crippen LogP contribution in [0.4, 0.5) is 0 Å². The highest BCUT2D eigenvalue weighted by Gasteiger charge is 2.10. The zero-order valence-electron chi connectivity index (χ0n) is 6.87. The third-order valence-electron chi connectivity index (χ3n) is 1.61. The number of aromatic amines is 2. The van der Waals surface area contributed by atoms with Crippen molar-refractivity contribution in [1.29, 1.82) is 0 Å². The molecule has 0 saturated carbocycles. The Morgan fingerprint density at radius 3 is 2.92 bits per heavy atom. The van der Waals surface area contributed by atoms with Crippen LogP contribution < -0.4 is 0 Å². The van der Waals surface area contributed by atoms with Gasteiger partial charge in [0.1, 0.15) is 4.88 Å². The zero-order valence-corrected chi connectivity index (χ0v) is 8.50. The Kier molecular flexibility index (Phi) is 2.19.